The molecule has 154 valence electrons. The summed E-state index contributed by atoms with van der Waals surface area (Å²) in [6.45, 7) is 6.44. The Labute approximate surface area is 176 Å². The molecule has 3 aromatic rings. The number of hydrogen-bond donors (Lipinski definition) is 1. The van der Waals surface area contributed by atoms with Crippen molar-refractivity contribution in [3.63, 3.8) is 0 Å². The molecule has 0 bridgehead atoms. The zero-order chi connectivity index (χ0) is 20.3. The fourth-order valence-corrected chi connectivity index (χ4v) is 5.11. The first-order valence-electron chi connectivity index (χ1n) is 9.96. The van der Waals surface area contributed by atoms with Crippen LogP contribution in [0.4, 0.5) is 11.5 Å². The number of para-hydroxylation sites is 1. The van der Waals surface area contributed by atoms with Crippen molar-refractivity contribution in [2.24, 2.45) is 0 Å². The molecule has 2 heterocycles. The molecule has 0 saturated carbocycles. The summed E-state index contributed by atoms with van der Waals surface area (Å²) < 4.78 is 32.5. The predicted octanol–water partition coefficient (Wildman–Crippen LogP) is 3.42. The first kappa shape index (κ1) is 20.1. The normalized spacial score (nSPS) is 15.7. The molecule has 1 saturated heterocycles. The quantitative estimate of drug-likeness (QED) is 0.622. The maximum Gasteiger partial charge on any atom is 0.232 e. The molecule has 4 rings (SSSR count). The smallest absolute Gasteiger partial charge is 0.232 e. The predicted molar refractivity (Wildman–Crippen MR) is 122 cm³/mol. The lowest BCUT2D eigenvalue weighted by Crippen LogP contribution is -2.47. The molecule has 2 aromatic carbocycles. The van der Waals surface area contributed by atoms with Crippen molar-refractivity contribution in [1.29, 1.82) is 0 Å². The molecule has 1 N–H and O–H groups in total. The average molecular weight is 431 g/mol. The number of rotatable bonds is 7. The van der Waals surface area contributed by atoms with Gasteiger partial charge in [0.25, 0.3) is 0 Å². The molecule has 1 fully saturated rings. The van der Waals surface area contributed by atoms with Gasteiger partial charge in [0.15, 0.2) is 0 Å². The van der Waals surface area contributed by atoms with E-state index in [1.165, 1.54) is 10.1 Å². The molecule has 1 aliphatic rings. The van der Waals surface area contributed by atoms with Crippen LogP contribution in [-0.2, 0) is 16.4 Å². The summed E-state index contributed by atoms with van der Waals surface area (Å²) in [5.41, 5.74) is 1.74. The number of benzene rings is 2. The number of hydrogen-bond acceptors (Lipinski definition) is 6. The van der Waals surface area contributed by atoms with Gasteiger partial charge in [0.1, 0.15) is 5.82 Å². The van der Waals surface area contributed by atoms with E-state index in [1.807, 2.05) is 24.3 Å². The number of nitrogens with zero attached hydrogens (tertiary/aromatic N) is 3. The molecule has 1 aromatic heterocycles. The van der Waals surface area contributed by atoms with Crippen LogP contribution in [-0.4, -0.2) is 56.2 Å². The molecule has 0 atom stereocenters. The first-order chi connectivity index (χ1) is 14.1. The van der Waals surface area contributed by atoms with Gasteiger partial charge in [-0.1, -0.05) is 30.3 Å². The van der Waals surface area contributed by atoms with E-state index in [0.717, 1.165) is 50.5 Å². The zero-order valence-electron chi connectivity index (χ0n) is 16.5. The second-order valence-corrected chi connectivity index (χ2v) is 10.1. The number of sulfonamides is 1. The summed E-state index contributed by atoms with van der Waals surface area (Å²) >= 11 is 1.56. The van der Waals surface area contributed by atoms with Crippen LogP contribution in [0.5, 0.6) is 0 Å². The van der Waals surface area contributed by atoms with Crippen molar-refractivity contribution in [1.82, 2.24) is 9.27 Å². The van der Waals surface area contributed by atoms with Gasteiger partial charge in [-0.3, -0.25) is 9.62 Å². The molecule has 0 aliphatic carbocycles. The summed E-state index contributed by atoms with van der Waals surface area (Å²) in [5, 5.41) is 1.24. The van der Waals surface area contributed by atoms with E-state index >= 15 is 0 Å². The van der Waals surface area contributed by atoms with E-state index < -0.39 is 10.0 Å². The molecular formula is C21H26N4O2S2. The standard InChI is InChI=1S/C21H26N4O2S2/c1-2-29(26,27)23-19-9-5-3-7-17(19)11-12-24-13-15-25(16-14-24)21-18-8-4-6-10-20(18)28-22-21/h3-10,23H,2,11-16H2,1H3. The fourth-order valence-electron chi connectivity index (χ4n) is 3.64. The zero-order valence-corrected chi connectivity index (χ0v) is 18.2. The molecule has 8 heteroatoms. The topological polar surface area (TPSA) is 65.5 Å². The lowest BCUT2D eigenvalue weighted by atomic mass is 10.1. The Hall–Kier alpha value is -2.16. The van der Waals surface area contributed by atoms with Crippen LogP contribution >= 0.6 is 11.5 Å². The monoisotopic (exact) mass is 430 g/mol. The third-order valence-corrected chi connectivity index (χ3v) is 7.50. The van der Waals surface area contributed by atoms with Crippen LogP contribution in [0.3, 0.4) is 0 Å². The summed E-state index contributed by atoms with van der Waals surface area (Å²) in [5.74, 6) is 1.18. The highest BCUT2D eigenvalue weighted by atomic mass is 32.2. The molecular weight excluding hydrogens is 404 g/mol. The van der Waals surface area contributed by atoms with Crippen molar-refractivity contribution in [2.45, 2.75) is 13.3 Å². The van der Waals surface area contributed by atoms with Gasteiger partial charge in [-0.2, -0.15) is 4.37 Å². The highest BCUT2D eigenvalue weighted by Gasteiger charge is 2.21. The Balaban J connectivity index is 1.35. The van der Waals surface area contributed by atoms with Gasteiger partial charge < -0.3 is 4.90 Å². The van der Waals surface area contributed by atoms with Crippen LogP contribution in [0.15, 0.2) is 48.5 Å². The van der Waals surface area contributed by atoms with Crippen LogP contribution in [0.2, 0.25) is 0 Å². The molecule has 0 amide bonds. The minimum absolute atomic E-state index is 0.0780. The average Bonchev–Trinajstić information content (AvgIpc) is 3.17. The summed E-state index contributed by atoms with van der Waals surface area (Å²) in [6, 6.07) is 16.1. The van der Waals surface area contributed by atoms with Crippen molar-refractivity contribution in [3.05, 3.63) is 54.1 Å². The Kier molecular flexibility index (Phi) is 6.03. The van der Waals surface area contributed by atoms with E-state index in [1.54, 1.807) is 18.5 Å². The van der Waals surface area contributed by atoms with E-state index in [0.29, 0.717) is 5.69 Å². The van der Waals surface area contributed by atoms with Gasteiger partial charge in [0.05, 0.1) is 16.1 Å². The Morgan fingerprint density at radius 1 is 1.03 bits per heavy atom. The Bertz CT molecular complexity index is 1070. The molecule has 29 heavy (non-hydrogen) atoms. The highest BCUT2D eigenvalue weighted by Crippen LogP contribution is 2.29. The SMILES string of the molecule is CCS(=O)(=O)Nc1ccccc1CCN1CCN(c2nsc3ccccc23)CC1. The second-order valence-electron chi connectivity index (χ2n) is 7.24. The van der Waals surface area contributed by atoms with Gasteiger partial charge in [-0.15, -0.1) is 0 Å². The van der Waals surface area contributed by atoms with Gasteiger partial charge in [0, 0.05) is 38.1 Å². The first-order valence-corrected chi connectivity index (χ1v) is 12.4. The molecule has 1 aliphatic heterocycles. The summed E-state index contributed by atoms with van der Waals surface area (Å²) in [7, 11) is -3.26. The number of nitrogens with one attached hydrogen (secondary N) is 1. The lowest BCUT2D eigenvalue weighted by Gasteiger charge is -2.35. The van der Waals surface area contributed by atoms with Crippen LogP contribution in [0.1, 0.15) is 12.5 Å². The van der Waals surface area contributed by atoms with Crippen molar-refractivity contribution >= 4 is 43.1 Å². The minimum atomic E-state index is -3.26. The lowest BCUT2D eigenvalue weighted by molar-refractivity contribution is 0.261. The van der Waals surface area contributed by atoms with E-state index in [4.69, 9.17) is 0 Å². The molecule has 0 radical (unpaired) electrons. The number of piperazine rings is 1. The van der Waals surface area contributed by atoms with Crippen LogP contribution in [0, 0.1) is 0 Å². The van der Waals surface area contributed by atoms with Crippen molar-refractivity contribution < 1.29 is 8.42 Å². The van der Waals surface area contributed by atoms with Crippen molar-refractivity contribution in [3.8, 4) is 0 Å². The Morgan fingerprint density at radius 3 is 2.55 bits per heavy atom. The van der Waals surface area contributed by atoms with Gasteiger partial charge >= 0.3 is 0 Å². The van der Waals surface area contributed by atoms with Gasteiger partial charge in [0.2, 0.25) is 10.0 Å². The van der Waals surface area contributed by atoms with Crippen molar-refractivity contribution in [2.75, 3.05) is 48.1 Å². The van der Waals surface area contributed by atoms with E-state index in [-0.39, 0.29) is 5.75 Å². The number of fused-ring (bicyclic) bond motifs is 1. The number of anilines is 2. The fraction of sp³-hybridized carbons (Fsp3) is 0.381. The maximum absolute atomic E-state index is 11.9. The van der Waals surface area contributed by atoms with Gasteiger partial charge in [-0.05, 0) is 48.6 Å². The van der Waals surface area contributed by atoms with Gasteiger partial charge in [-0.25, -0.2) is 8.42 Å². The summed E-state index contributed by atoms with van der Waals surface area (Å²) in [4.78, 5) is 4.81. The van der Waals surface area contributed by atoms with Crippen LogP contribution in [0.25, 0.3) is 10.1 Å². The second kappa shape index (κ2) is 8.69. The molecule has 0 unspecified atom stereocenters. The molecule has 6 nitrogen and oxygen atoms in total. The minimum Gasteiger partial charge on any atom is -0.353 e. The highest BCUT2D eigenvalue weighted by molar-refractivity contribution is 7.92. The van der Waals surface area contributed by atoms with E-state index in [2.05, 4.69) is 43.2 Å². The largest absolute Gasteiger partial charge is 0.353 e. The van der Waals surface area contributed by atoms with Crippen LogP contribution < -0.4 is 9.62 Å². The molecule has 0 spiro atoms. The third kappa shape index (κ3) is 4.71. The Morgan fingerprint density at radius 2 is 1.76 bits per heavy atom. The van der Waals surface area contributed by atoms with E-state index in [9.17, 15) is 8.42 Å². The number of aromatic nitrogens is 1. The third-order valence-electron chi connectivity index (χ3n) is 5.39. The summed E-state index contributed by atoms with van der Waals surface area (Å²) in [6.07, 6.45) is 0.821. The maximum atomic E-state index is 11.9.